The monoisotopic (exact) mass is 1760 g/mol. The van der Waals surface area contributed by atoms with Crippen molar-refractivity contribution in [2.75, 3.05) is 57.8 Å². The van der Waals surface area contributed by atoms with Gasteiger partial charge in [0.2, 0.25) is 31.0 Å². The van der Waals surface area contributed by atoms with Crippen molar-refractivity contribution in [1.29, 1.82) is 0 Å². The second-order valence-corrected chi connectivity index (χ2v) is 40.5. The van der Waals surface area contributed by atoms with Gasteiger partial charge in [-0.05, 0) is 127 Å². The molecule has 2 aromatic carbocycles. The fraction of sp³-hybridized carbons (Fsp3) is 0.580. The number of nitrogens with one attached hydrogen (secondary N) is 6. The Labute approximate surface area is 700 Å². The molecule has 2 saturated heterocycles. The van der Waals surface area contributed by atoms with E-state index in [1.807, 2.05) is 38.5 Å². The third kappa shape index (κ3) is 21.9. The van der Waals surface area contributed by atoms with Crippen LogP contribution < -0.4 is 50.8 Å². The molecule has 2 aliphatic heterocycles. The molecule has 120 heavy (non-hydrogen) atoms. The van der Waals surface area contributed by atoms with Crippen molar-refractivity contribution in [2.45, 2.75) is 230 Å². The van der Waals surface area contributed by atoms with Gasteiger partial charge < -0.3 is 79.5 Å². The van der Waals surface area contributed by atoms with Crippen LogP contribution in [0.25, 0.3) is 44.6 Å². The van der Waals surface area contributed by atoms with Gasteiger partial charge in [-0.15, -0.1) is 35.8 Å². The fourth-order valence-corrected chi connectivity index (χ4v) is 21.0. The van der Waals surface area contributed by atoms with E-state index in [1.54, 1.807) is 97.2 Å². The smallest absolute Gasteiger partial charge is 0.412 e. The number of thiazole rings is 2. The summed E-state index contributed by atoms with van der Waals surface area (Å²) in [5, 5.41) is 19.8. The predicted octanol–water partition coefficient (Wildman–Crippen LogP) is 15.5. The minimum absolute atomic E-state index is 0.0217. The van der Waals surface area contributed by atoms with E-state index in [2.05, 4.69) is 49.6 Å². The number of carbonyl (C=O) groups excluding carboxylic acids is 6. The van der Waals surface area contributed by atoms with Gasteiger partial charge in [0.1, 0.15) is 100 Å². The van der Waals surface area contributed by atoms with Crippen LogP contribution in [0, 0.1) is 22.7 Å². The first-order valence-electron chi connectivity index (χ1n) is 39.8. The Hall–Kier alpha value is -8.86. The highest BCUT2D eigenvalue weighted by molar-refractivity contribution is 7.60. The number of likely N-dealkylation sites (tertiary alicyclic amines) is 2. The number of anilines is 2. The zero-order valence-corrected chi connectivity index (χ0v) is 72.6. The second kappa shape index (κ2) is 36.7. The molecule has 656 valence electrons. The molecule has 6 aliphatic rings. The highest BCUT2D eigenvalue weighted by Crippen LogP contribution is 2.71. The quantitative estimate of drug-likeness (QED) is 0.0125. The Morgan fingerprint density at radius 1 is 0.575 bits per heavy atom. The van der Waals surface area contributed by atoms with Gasteiger partial charge in [0.25, 0.3) is 0 Å². The summed E-state index contributed by atoms with van der Waals surface area (Å²) in [5.74, 6) is -2.70. The van der Waals surface area contributed by atoms with Crippen LogP contribution in [0.1, 0.15) is 146 Å². The number of nitrogens with zero attached hydrogens (tertiary/aromatic N) is 6. The Morgan fingerprint density at radius 2 is 0.958 bits per heavy atom. The third-order valence-electron chi connectivity index (χ3n) is 21.8. The van der Waals surface area contributed by atoms with E-state index in [0.717, 1.165) is 32.3 Å². The molecule has 39 heteroatoms. The Balaban J connectivity index is 0.000000235. The maximum Gasteiger partial charge on any atom is 0.412 e. The van der Waals surface area contributed by atoms with Crippen molar-refractivity contribution in [3.63, 3.8) is 0 Å². The summed E-state index contributed by atoms with van der Waals surface area (Å²) in [4.78, 5) is 117. The van der Waals surface area contributed by atoms with Crippen LogP contribution in [0.4, 0.5) is 46.2 Å². The molecular formula is C81H106F6N12O17P2S2. The molecule has 6 heterocycles. The van der Waals surface area contributed by atoms with E-state index in [4.69, 9.17) is 52.9 Å². The number of hydrogen-bond acceptors (Lipinski definition) is 24. The summed E-state index contributed by atoms with van der Waals surface area (Å²) in [7, 11) is -6.28. The van der Waals surface area contributed by atoms with Gasteiger partial charge in [-0.1, -0.05) is 53.7 Å². The number of fused-ring (bicyclic) bond motifs is 2. The average Bonchev–Trinajstić information content (AvgIpc) is 1.56. The van der Waals surface area contributed by atoms with Crippen molar-refractivity contribution >= 4 is 106 Å². The minimum atomic E-state index is -5.17. The number of amides is 6. The second-order valence-electron chi connectivity index (χ2n) is 34.0. The normalized spacial score (nSPS) is 23.5. The molecule has 7 N–H and O–H groups in total. The largest absolute Gasteiger partial charge is 0.497 e. The molecule has 6 amide bonds. The zero-order valence-electron chi connectivity index (χ0n) is 69.2. The SMILES string of the molecule is C=C[C@@H]1C[C@]1(NC(=O)[C@@H]1C[C@@H](Oc2cc(-c3csc(NC(C)C)n3)nc3cc(OC)ccc23)CN1C(=O)[C@@H](NC(=O)OC1CCCC1)C(C)(C)C)P(=O)(O)OCC(F)(F)F.C=C[C@@H]1C[C@]1(NC(=O)[C@@H]1C[C@@H](Oc2cc(-c3csc(NC(C)C)n3)nc3cc(OC)ccc23)CN1C(=O)[C@@H](NC(=O)OC1CCCC1)C(C)(C)C)P(C)(=O)OCC(F)(F)F. The van der Waals surface area contributed by atoms with Crippen LogP contribution in [0.3, 0.4) is 0 Å². The summed E-state index contributed by atoms with van der Waals surface area (Å²) in [5.41, 5.74) is 1.40. The van der Waals surface area contributed by atoms with Gasteiger partial charge in [0.15, 0.2) is 16.9 Å². The lowest BCUT2D eigenvalue weighted by molar-refractivity contribution is -0.155. The maximum absolute atomic E-state index is 14.8. The first-order valence-corrected chi connectivity index (χ1v) is 45.2. The molecule has 12 rings (SSSR count). The van der Waals surface area contributed by atoms with E-state index in [1.165, 1.54) is 51.7 Å². The number of rotatable bonds is 30. The number of methoxy groups -OCH3 is 2. The standard InChI is InChI=1S/C41H54F3N6O8PS.C40H52F3N6O9PS/c1-9-24-19-40(24,59(8,54)56-22-41(42,43)44)49-35(51)32-17-27(20-50(32)36(52)34(39(4,5)6)48-38(53)58-25-12-10-11-13-25)57-33-18-30(31-21-60-37(47-31)45-23(2)3)46-29-16-26(55-7)14-15-28(29)33;1-8-23-18-39(23,59(53,54)56-21-40(41,42)43)48-34(50)31-16-26(19-49(31)35(51)33(38(4,5)6)47-37(52)58-24-11-9-10-12-24)57-32-17-29(30-20-60-36(46-30)44-22(2)3)45-28-15-25(55-7)13-14-27(28)32/h9,14-16,18,21,23-25,27,32,34H,1,10-13,17,19-20,22H2,2-8H3,(H,45,47)(H,48,53)(H,49,51);8,13-15,17,20,22-24,26,31,33H,1,9-12,16,18-19,21H2,2-7H3,(H,44,46)(H,47,52)(H,48,50)(H,53,54)/t24-,27-,32+,34-,40+,59?;23-,26-,31+,33-,39+/m11/s1. The number of alkyl halides is 6. The first kappa shape index (κ1) is 91.9. The highest BCUT2D eigenvalue weighted by atomic mass is 32.1. The van der Waals surface area contributed by atoms with E-state index in [9.17, 15) is 69.1 Å². The number of benzene rings is 2. The van der Waals surface area contributed by atoms with Crippen molar-refractivity contribution in [1.82, 2.24) is 51.0 Å². The van der Waals surface area contributed by atoms with Crippen molar-refractivity contribution < 1.29 is 107 Å². The minimum Gasteiger partial charge on any atom is -0.497 e. The molecule has 4 saturated carbocycles. The van der Waals surface area contributed by atoms with Crippen LogP contribution in [-0.2, 0) is 46.8 Å². The Bertz CT molecular complexity index is 4580. The number of ether oxygens (including phenoxy) is 6. The lowest BCUT2D eigenvalue weighted by Gasteiger charge is -2.36. The number of hydrogen-bond donors (Lipinski definition) is 7. The predicted molar refractivity (Wildman–Crippen MR) is 441 cm³/mol. The number of alkyl carbamates (subject to hydrolysis) is 2. The molecule has 4 aromatic heterocycles. The molecule has 0 bridgehead atoms. The van der Waals surface area contributed by atoms with Crippen LogP contribution in [-0.4, -0.2) is 201 Å². The summed E-state index contributed by atoms with van der Waals surface area (Å²) in [6.07, 6.45) is -4.79. The lowest BCUT2D eigenvalue weighted by atomic mass is 9.85. The van der Waals surface area contributed by atoms with Crippen LogP contribution in [0.2, 0.25) is 0 Å². The summed E-state index contributed by atoms with van der Waals surface area (Å²) in [6.45, 7) is 22.8. The molecule has 6 aromatic rings. The lowest BCUT2D eigenvalue weighted by Crippen LogP contribution is -2.58. The van der Waals surface area contributed by atoms with Crippen molar-refractivity contribution in [3.8, 4) is 45.8 Å². The molecule has 2 unspecified atom stereocenters. The highest BCUT2D eigenvalue weighted by Gasteiger charge is 2.69. The number of halogens is 6. The van der Waals surface area contributed by atoms with Gasteiger partial charge >= 0.3 is 32.1 Å². The fourth-order valence-electron chi connectivity index (χ4n) is 15.4. The number of pyridine rings is 2. The topological polar surface area (TPSA) is 361 Å². The molecule has 6 fully saturated rings. The Morgan fingerprint density at radius 3 is 1.32 bits per heavy atom. The zero-order chi connectivity index (χ0) is 87.6. The van der Waals surface area contributed by atoms with Crippen LogP contribution >= 0.6 is 37.6 Å². The first-order chi connectivity index (χ1) is 56.2. The molecular weight excluding hydrogens is 1650 g/mol. The molecule has 0 radical (unpaired) electrons. The van der Waals surface area contributed by atoms with Crippen molar-refractivity contribution in [2.24, 2.45) is 22.7 Å². The molecule has 29 nitrogen and oxygen atoms in total. The van der Waals surface area contributed by atoms with Gasteiger partial charge in [-0.25, -0.2) is 29.5 Å². The third-order valence-corrected chi connectivity index (χ3v) is 28.2. The molecule has 4 aliphatic carbocycles. The van der Waals surface area contributed by atoms with Gasteiger partial charge in [-0.2, -0.15) is 26.3 Å². The van der Waals surface area contributed by atoms with Crippen LogP contribution in [0.5, 0.6) is 23.0 Å². The van der Waals surface area contributed by atoms with Crippen LogP contribution in [0.15, 0.2) is 84.6 Å². The Kier molecular flexibility index (Phi) is 28.1. The summed E-state index contributed by atoms with van der Waals surface area (Å²) in [6, 6.07) is 9.23. The summed E-state index contributed by atoms with van der Waals surface area (Å²) < 4.78 is 152. The average molecular weight is 1760 g/mol. The molecule has 12 atom stereocenters. The number of aromatic nitrogens is 4. The number of carbonyl (C=O) groups is 6. The maximum atomic E-state index is 14.8. The van der Waals surface area contributed by atoms with E-state index < -0.39 is 146 Å². The van der Waals surface area contributed by atoms with E-state index in [0.29, 0.717) is 104 Å². The van der Waals surface area contributed by atoms with Crippen molar-refractivity contribution in [3.05, 3.63) is 84.6 Å². The van der Waals surface area contributed by atoms with E-state index in [-0.39, 0.29) is 63.1 Å². The van der Waals surface area contributed by atoms with E-state index >= 15 is 0 Å². The van der Waals surface area contributed by atoms with Gasteiger partial charge in [0.05, 0.1) is 49.7 Å². The van der Waals surface area contributed by atoms with Gasteiger partial charge in [0, 0.05) is 89.2 Å². The molecule has 0 spiro atoms. The summed E-state index contributed by atoms with van der Waals surface area (Å²) >= 11 is 2.82. The van der Waals surface area contributed by atoms with Gasteiger partial charge in [-0.3, -0.25) is 32.8 Å².